The Kier molecular flexibility index (Phi) is 4.83. The van der Waals surface area contributed by atoms with Crippen LogP contribution < -0.4 is 11.1 Å². The number of nitrogen functional groups attached to an aromatic ring is 1. The third-order valence-electron chi connectivity index (χ3n) is 5.97. The van der Waals surface area contributed by atoms with Crippen molar-refractivity contribution in [3.05, 3.63) is 53.7 Å². The van der Waals surface area contributed by atoms with Gasteiger partial charge in [-0.05, 0) is 42.4 Å². The van der Waals surface area contributed by atoms with E-state index in [2.05, 4.69) is 52.8 Å². The Bertz CT molecular complexity index is 784. The average Bonchev–Trinajstić information content (AvgIpc) is 3.48. The van der Waals surface area contributed by atoms with Gasteiger partial charge < -0.3 is 16.0 Å². The van der Waals surface area contributed by atoms with Crippen LogP contribution >= 0.6 is 0 Å². The largest absolute Gasteiger partial charge is 0.382 e. The normalized spacial score (nSPS) is 23.8. The maximum atomic E-state index is 12.6. The highest BCUT2D eigenvalue weighted by atomic mass is 16.2. The van der Waals surface area contributed by atoms with Gasteiger partial charge in [0.1, 0.15) is 5.82 Å². The molecule has 0 spiro atoms. The van der Waals surface area contributed by atoms with Crippen molar-refractivity contribution in [3.8, 4) is 0 Å². The van der Waals surface area contributed by atoms with Crippen molar-refractivity contribution < 1.29 is 4.79 Å². The number of piperidine rings is 1. The lowest BCUT2D eigenvalue weighted by molar-refractivity contribution is 0.0598. The van der Waals surface area contributed by atoms with E-state index in [0.29, 0.717) is 23.5 Å². The Morgan fingerprint density at radius 2 is 1.93 bits per heavy atom. The van der Waals surface area contributed by atoms with Crippen LogP contribution in [0.25, 0.3) is 0 Å². The van der Waals surface area contributed by atoms with Gasteiger partial charge >= 0.3 is 0 Å². The second-order valence-corrected chi connectivity index (χ2v) is 8.19. The summed E-state index contributed by atoms with van der Waals surface area (Å²) in [6.45, 7) is 4.85. The lowest BCUT2D eigenvalue weighted by atomic mass is 9.80. The minimum absolute atomic E-state index is 0.0520. The summed E-state index contributed by atoms with van der Waals surface area (Å²) in [5, 5.41) is 11.5. The standard InChI is InChI=1S/C21H27N5O/c1-21(14-23-18-13-16(18)15-5-3-2-4-6-15)9-11-26(12-10-21)20(27)17-7-8-19(22)25-24-17/h2-8,16,18,23H,9-14H2,1H3,(H2,22,25)/t16-,18+/m0/s1. The van der Waals surface area contributed by atoms with E-state index in [1.807, 2.05) is 4.90 Å². The number of carbonyl (C=O) groups excluding carboxylic acids is 1. The van der Waals surface area contributed by atoms with E-state index in [0.717, 1.165) is 32.5 Å². The molecule has 2 fully saturated rings. The van der Waals surface area contributed by atoms with Crippen LogP contribution in [0.1, 0.15) is 48.2 Å². The molecule has 1 amide bonds. The molecule has 1 aliphatic carbocycles. The van der Waals surface area contributed by atoms with Crippen LogP contribution in [0, 0.1) is 5.41 Å². The predicted octanol–water partition coefficient (Wildman–Crippen LogP) is 2.45. The quantitative estimate of drug-likeness (QED) is 0.850. The first-order chi connectivity index (χ1) is 13.0. The summed E-state index contributed by atoms with van der Waals surface area (Å²) in [5.74, 6) is 0.933. The number of benzene rings is 1. The fourth-order valence-electron chi connectivity index (χ4n) is 3.91. The van der Waals surface area contributed by atoms with Crippen molar-refractivity contribution in [1.29, 1.82) is 0 Å². The molecular weight excluding hydrogens is 338 g/mol. The monoisotopic (exact) mass is 365 g/mol. The molecule has 1 aromatic heterocycles. The second kappa shape index (κ2) is 7.27. The first-order valence-electron chi connectivity index (χ1n) is 9.71. The number of nitrogens with two attached hydrogens (primary N) is 1. The van der Waals surface area contributed by atoms with E-state index in [-0.39, 0.29) is 11.3 Å². The number of amides is 1. The number of anilines is 1. The SMILES string of the molecule is CC1(CN[C@@H]2C[C@H]2c2ccccc2)CCN(C(=O)c2ccc(N)nn2)CC1. The molecule has 1 saturated carbocycles. The fraction of sp³-hybridized carbons (Fsp3) is 0.476. The molecule has 6 heteroatoms. The third kappa shape index (κ3) is 4.11. The molecule has 1 saturated heterocycles. The molecular formula is C21H27N5O. The number of carbonyl (C=O) groups is 1. The van der Waals surface area contributed by atoms with Gasteiger partial charge in [0, 0.05) is 31.6 Å². The maximum Gasteiger partial charge on any atom is 0.274 e. The zero-order chi connectivity index (χ0) is 18.9. The molecule has 0 unspecified atom stereocenters. The van der Waals surface area contributed by atoms with Gasteiger partial charge in [-0.15, -0.1) is 10.2 Å². The average molecular weight is 365 g/mol. The molecule has 2 atom stereocenters. The Balaban J connectivity index is 1.26. The highest BCUT2D eigenvalue weighted by molar-refractivity contribution is 5.92. The van der Waals surface area contributed by atoms with Crippen LogP contribution in [0.5, 0.6) is 0 Å². The first-order valence-corrected chi connectivity index (χ1v) is 9.71. The minimum atomic E-state index is -0.0520. The Morgan fingerprint density at radius 3 is 2.59 bits per heavy atom. The molecule has 27 heavy (non-hydrogen) atoms. The van der Waals surface area contributed by atoms with E-state index in [9.17, 15) is 4.79 Å². The highest BCUT2D eigenvalue weighted by Crippen LogP contribution is 2.41. The van der Waals surface area contributed by atoms with Gasteiger partial charge in [-0.25, -0.2) is 0 Å². The van der Waals surface area contributed by atoms with E-state index in [4.69, 9.17) is 5.73 Å². The van der Waals surface area contributed by atoms with Crippen molar-refractivity contribution in [2.24, 2.45) is 5.41 Å². The predicted molar refractivity (Wildman–Crippen MR) is 105 cm³/mol. The Hall–Kier alpha value is -2.47. The molecule has 1 aliphatic heterocycles. The molecule has 4 rings (SSSR count). The van der Waals surface area contributed by atoms with Crippen LogP contribution in [-0.4, -0.2) is 46.7 Å². The molecule has 6 nitrogen and oxygen atoms in total. The van der Waals surface area contributed by atoms with E-state index < -0.39 is 0 Å². The van der Waals surface area contributed by atoms with E-state index in [1.165, 1.54) is 12.0 Å². The number of hydrogen-bond acceptors (Lipinski definition) is 5. The summed E-state index contributed by atoms with van der Waals surface area (Å²) < 4.78 is 0. The smallest absolute Gasteiger partial charge is 0.274 e. The van der Waals surface area contributed by atoms with E-state index in [1.54, 1.807) is 12.1 Å². The van der Waals surface area contributed by atoms with Crippen LogP contribution in [-0.2, 0) is 0 Å². The summed E-state index contributed by atoms with van der Waals surface area (Å²) in [5.41, 5.74) is 7.58. The zero-order valence-corrected chi connectivity index (χ0v) is 15.8. The van der Waals surface area contributed by atoms with Crippen molar-refractivity contribution >= 4 is 11.7 Å². The van der Waals surface area contributed by atoms with Crippen molar-refractivity contribution in [1.82, 2.24) is 20.4 Å². The van der Waals surface area contributed by atoms with Crippen LogP contribution in [0.4, 0.5) is 5.82 Å². The lowest BCUT2D eigenvalue weighted by Crippen LogP contribution is -2.46. The maximum absolute atomic E-state index is 12.6. The number of rotatable bonds is 5. The van der Waals surface area contributed by atoms with Crippen molar-refractivity contribution in [2.45, 2.75) is 38.1 Å². The fourth-order valence-corrected chi connectivity index (χ4v) is 3.91. The molecule has 2 aliphatic rings. The molecule has 0 radical (unpaired) electrons. The molecule has 1 aromatic carbocycles. The van der Waals surface area contributed by atoms with Gasteiger partial charge in [0.05, 0.1) is 0 Å². The molecule has 0 bridgehead atoms. The lowest BCUT2D eigenvalue weighted by Gasteiger charge is -2.39. The number of hydrogen-bond donors (Lipinski definition) is 2. The number of nitrogens with one attached hydrogen (secondary N) is 1. The van der Waals surface area contributed by atoms with Gasteiger partial charge in [-0.3, -0.25) is 4.79 Å². The molecule has 3 N–H and O–H groups in total. The van der Waals surface area contributed by atoms with Crippen LogP contribution in [0.15, 0.2) is 42.5 Å². The molecule has 2 aromatic rings. The third-order valence-corrected chi connectivity index (χ3v) is 5.97. The molecule has 142 valence electrons. The van der Waals surface area contributed by atoms with Crippen molar-refractivity contribution in [3.63, 3.8) is 0 Å². The summed E-state index contributed by atoms with van der Waals surface area (Å²) in [6, 6.07) is 14.6. The molecule has 2 heterocycles. The number of nitrogens with zero attached hydrogens (tertiary/aromatic N) is 3. The Labute approximate surface area is 160 Å². The number of aromatic nitrogens is 2. The van der Waals surface area contributed by atoms with Crippen molar-refractivity contribution in [2.75, 3.05) is 25.4 Å². The summed E-state index contributed by atoms with van der Waals surface area (Å²) >= 11 is 0. The second-order valence-electron chi connectivity index (χ2n) is 8.19. The van der Waals surface area contributed by atoms with E-state index >= 15 is 0 Å². The minimum Gasteiger partial charge on any atom is -0.382 e. The van der Waals surface area contributed by atoms with Gasteiger partial charge in [-0.2, -0.15) is 0 Å². The van der Waals surface area contributed by atoms with Gasteiger partial charge in [0.15, 0.2) is 5.69 Å². The summed E-state index contributed by atoms with van der Waals surface area (Å²) in [4.78, 5) is 14.4. The topological polar surface area (TPSA) is 84.1 Å². The first kappa shape index (κ1) is 17.9. The zero-order valence-electron chi connectivity index (χ0n) is 15.8. The van der Waals surface area contributed by atoms with Gasteiger partial charge in [-0.1, -0.05) is 37.3 Å². The highest BCUT2D eigenvalue weighted by Gasteiger charge is 2.40. The van der Waals surface area contributed by atoms with Crippen LogP contribution in [0.3, 0.4) is 0 Å². The van der Waals surface area contributed by atoms with Gasteiger partial charge in [0.2, 0.25) is 0 Å². The Morgan fingerprint density at radius 1 is 1.19 bits per heavy atom. The van der Waals surface area contributed by atoms with Gasteiger partial charge in [0.25, 0.3) is 5.91 Å². The van der Waals surface area contributed by atoms with Crippen LogP contribution in [0.2, 0.25) is 0 Å². The number of likely N-dealkylation sites (tertiary alicyclic amines) is 1. The summed E-state index contributed by atoms with van der Waals surface area (Å²) in [7, 11) is 0. The summed E-state index contributed by atoms with van der Waals surface area (Å²) in [6.07, 6.45) is 3.22.